The molecule has 0 atom stereocenters. The van der Waals surface area contributed by atoms with Gasteiger partial charge in [0.1, 0.15) is 0 Å². The maximum Gasteiger partial charge on any atom is 0.186 e. The minimum absolute atomic E-state index is 0.254. The van der Waals surface area contributed by atoms with Gasteiger partial charge >= 0.3 is 0 Å². The van der Waals surface area contributed by atoms with Gasteiger partial charge in [0, 0.05) is 0 Å². The van der Waals surface area contributed by atoms with E-state index in [-0.39, 0.29) is 5.96 Å². The second-order valence-electron chi connectivity index (χ2n) is 3.91. The maximum absolute atomic E-state index is 5.38. The Kier molecular flexibility index (Phi) is 4.65. The summed E-state index contributed by atoms with van der Waals surface area (Å²) < 4.78 is 0. The van der Waals surface area contributed by atoms with Gasteiger partial charge in [-0.3, -0.25) is 4.99 Å². The third-order valence-electron chi connectivity index (χ3n) is 2.66. The molecule has 0 bridgehead atoms. The van der Waals surface area contributed by atoms with E-state index in [1.54, 1.807) is 0 Å². The van der Waals surface area contributed by atoms with Crippen LogP contribution in [0.5, 0.6) is 0 Å². The van der Waals surface area contributed by atoms with Crippen LogP contribution in [0.1, 0.15) is 51.4 Å². The lowest BCUT2D eigenvalue weighted by atomic mass is 10.1. The number of hydrogen-bond acceptors (Lipinski definition) is 1. The Labute approximate surface area is 80.6 Å². The SMILES string of the molecule is NC(N)=NC1CCCCCCCC1. The first-order chi connectivity index (χ1) is 6.29. The lowest BCUT2D eigenvalue weighted by Crippen LogP contribution is -2.25. The summed E-state index contributed by atoms with van der Waals surface area (Å²) >= 11 is 0. The van der Waals surface area contributed by atoms with E-state index in [0.29, 0.717) is 6.04 Å². The number of aliphatic imine (C=N–C) groups is 1. The molecule has 0 aromatic carbocycles. The van der Waals surface area contributed by atoms with Crippen LogP contribution in [-0.2, 0) is 0 Å². The van der Waals surface area contributed by atoms with Crippen LogP contribution >= 0.6 is 0 Å². The van der Waals surface area contributed by atoms with Gasteiger partial charge in [-0.1, -0.05) is 38.5 Å². The van der Waals surface area contributed by atoms with Crippen molar-refractivity contribution in [3.8, 4) is 0 Å². The van der Waals surface area contributed by atoms with E-state index in [1.807, 2.05) is 0 Å². The van der Waals surface area contributed by atoms with Crippen molar-refractivity contribution in [2.45, 2.75) is 57.4 Å². The highest BCUT2D eigenvalue weighted by atomic mass is 15.0. The van der Waals surface area contributed by atoms with Crippen LogP contribution in [0.4, 0.5) is 0 Å². The predicted molar refractivity (Wildman–Crippen MR) is 56.5 cm³/mol. The first-order valence-corrected chi connectivity index (χ1v) is 5.38. The largest absolute Gasteiger partial charge is 0.370 e. The average Bonchev–Trinajstić information content (AvgIpc) is 2.17. The molecule has 76 valence electrons. The Morgan fingerprint density at radius 3 is 1.77 bits per heavy atom. The lowest BCUT2D eigenvalue weighted by molar-refractivity contribution is 0.535. The summed E-state index contributed by atoms with van der Waals surface area (Å²) in [4.78, 5) is 4.25. The minimum atomic E-state index is 0.254. The summed E-state index contributed by atoms with van der Waals surface area (Å²) in [6, 6.07) is 0.392. The Balaban J connectivity index is 2.36. The van der Waals surface area contributed by atoms with E-state index in [0.717, 1.165) is 12.8 Å². The minimum Gasteiger partial charge on any atom is -0.370 e. The van der Waals surface area contributed by atoms with Gasteiger partial charge in [-0.25, -0.2) is 0 Å². The molecule has 0 aliphatic heterocycles. The van der Waals surface area contributed by atoms with Crippen LogP contribution in [0.25, 0.3) is 0 Å². The van der Waals surface area contributed by atoms with E-state index in [1.165, 1.54) is 38.5 Å². The van der Waals surface area contributed by atoms with E-state index in [4.69, 9.17) is 11.5 Å². The normalized spacial score (nSPS) is 21.2. The fraction of sp³-hybridized carbons (Fsp3) is 0.900. The molecule has 13 heavy (non-hydrogen) atoms. The fourth-order valence-corrected chi connectivity index (χ4v) is 1.95. The molecule has 0 amide bonds. The molecule has 3 nitrogen and oxygen atoms in total. The van der Waals surface area contributed by atoms with Gasteiger partial charge in [0.25, 0.3) is 0 Å². The Bertz CT molecular complexity index is 152. The van der Waals surface area contributed by atoms with Gasteiger partial charge in [0.05, 0.1) is 6.04 Å². The molecule has 1 fully saturated rings. The third-order valence-corrected chi connectivity index (χ3v) is 2.66. The molecule has 0 radical (unpaired) electrons. The van der Waals surface area contributed by atoms with E-state index >= 15 is 0 Å². The molecule has 0 aromatic heterocycles. The molecule has 1 rings (SSSR count). The lowest BCUT2D eigenvalue weighted by Gasteiger charge is -2.10. The summed E-state index contributed by atoms with van der Waals surface area (Å²) in [7, 11) is 0. The van der Waals surface area contributed by atoms with Crippen molar-refractivity contribution in [3.63, 3.8) is 0 Å². The molecule has 0 aromatic rings. The zero-order chi connectivity index (χ0) is 9.52. The molecule has 0 saturated heterocycles. The van der Waals surface area contributed by atoms with Gasteiger partial charge in [0.15, 0.2) is 5.96 Å². The van der Waals surface area contributed by atoms with Crippen molar-refractivity contribution in [2.75, 3.05) is 0 Å². The zero-order valence-corrected chi connectivity index (χ0v) is 8.34. The number of nitrogens with zero attached hydrogens (tertiary/aromatic N) is 1. The monoisotopic (exact) mass is 183 g/mol. The van der Waals surface area contributed by atoms with Gasteiger partial charge in [-0.2, -0.15) is 0 Å². The number of rotatable bonds is 1. The molecular weight excluding hydrogens is 162 g/mol. The van der Waals surface area contributed by atoms with Crippen molar-refractivity contribution in [3.05, 3.63) is 0 Å². The molecule has 1 saturated carbocycles. The van der Waals surface area contributed by atoms with Gasteiger partial charge in [-0.15, -0.1) is 0 Å². The summed E-state index contributed by atoms with van der Waals surface area (Å²) in [5.74, 6) is 0.254. The summed E-state index contributed by atoms with van der Waals surface area (Å²) in [5.41, 5.74) is 10.8. The first kappa shape index (κ1) is 10.4. The van der Waals surface area contributed by atoms with Crippen molar-refractivity contribution in [2.24, 2.45) is 16.5 Å². The van der Waals surface area contributed by atoms with Crippen LogP contribution in [-0.4, -0.2) is 12.0 Å². The standard InChI is InChI=1S/C10H21N3/c11-10(12)13-9-7-5-3-1-2-4-6-8-9/h9H,1-8H2,(H4,11,12,13). The quantitative estimate of drug-likeness (QED) is 0.480. The molecule has 3 heteroatoms. The van der Waals surface area contributed by atoms with Crippen LogP contribution in [0.15, 0.2) is 4.99 Å². The third kappa shape index (κ3) is 4.76. The zero-order valence-electron chi connectivity index (χ0n) is 8.34. The van der Waals surface area contributed by atoms with Crippen molar-refractivity contribution in [1.29, 1.82) is 0 Å². The topological polar surface area (TPSA) is 64.4 Å². The fourth-order valence-electron chi connectivity index (χ4n) is 1.95. The summed E-state index contributed by atoms with van der Waals surface area (Å²) in [5, 5.41) is 0. The van der Waals surface area contributed by atoms with Crippen molar-refractivity contribution in [1.82, 2.24) is 0 Å². The summed E-state index contributed by atoms with van der Waals surface area (Å²) in [6.07, 6.45) is 10.3. The highest BCUT2D eigenvalue weighted by Crippen LogP contribution is 2.18. The number of hydrogen-bond donors (Lipinski definition) is 2. The number of guanidine groups is 1. The van der Waals surface area contributed by atoms with Crippen molar-refractivity contribution >= 4 is 5.96 Å². The smallest absolute Gasteiger partial charge is 0.186 e. The van der Waals surface area contributed by atoms with E-state index < -0.39 is 0 Å². The molecule has 0 unspecified atom stereocenters. The molecule has 1 aliphatic rings. The van der Waals surface area contributed by atoms with Gasteiger partial charge in [-0.05, 0) is 12.8 Å². The summed E-state index contributed by atoms with van der Waals surface area (Å²) in [6.45, 7) is 0. The Hall–Kier alpha value is -0.730. The average molecular weight is 183 g/mol. The van der Waals surface area contributed by atoms with Crippen LogP contribution in [0.2, 0.25) is 0 Å². The van der Waals surface area contributed by atoms with E-state index in [2.05, 4.69) is 4.99 Å². The molecule has 4 N–H and O–H groups in total. The number of nitrogens with two attached hydrogens (primary N) is 2. The molecule has 1 aliphatic carbocycles. The predicted octanol–water partition coefficient (Wildman–Crippen LogP) is 1.76. The second kappa shape index (κ2) is 5.84. The Morgan fingerprint density at radius 2 is 1.31 bits per heavy atom. The highest BCUT2D eigenvalue weighted by Gasteiger charge is 2.08. The Morgan fingerprint density at radius 1 is 0.846 bits per heavy atom. The van der Waals surface area contributed by atoms with Crippen molar-refractivity contribution < 1.29 is 0 Å². The molecule has 0 spiro atoms. The van der Waals surface area contributed by atoms with Gasteiger partial charge < -0.3 is 11.5 Å². The van der Waals surface area contributed by atoms with E-state index in [9.17, 15) is 0 Å². The van der Waals surface area contributed by atoms with Crippen LogP contribution < -0.4 is 11.5 Å². The highest BCUT2D eigenvalue weighted by molar-refractivity contribution is 5.75. The molecule has 0 heterocycles. The second-order valence-corrected chi connectivity index (χ2v) is 3.91. The van der Waals surface area contributed by atoms with Crippen LogP contribution in [0.3, 0.4) is 0 Å². The van der Waals surface area contributed by atoms with Crippen LogP contribution in [0, 0.1) is 0 Å². The molecular formula is C10H21N3. The first-order valence-electron chi connectivity index (χ1n) is 5.38. The van der Waals surface area contributed by atoms with Gasteiger partial charge in [0.2, 0.25) is 0 Å². The maximum atomic E-state index is 5.38.